The van der Waals surface area contributed by atoms with Gasteiger partial charge >= 0.3 is 6.03 Å². The summed E-state index contributed by atoms with van der Waals surface area (Å²) in [5, 5.41) is 2.76. The normalized spacial score (nSPS) is 26.4. The molecule has 172 valence electrons. The van der Waals surface area contributed by atoms with Crippen molar-refractivity contribution in [3.05, 3.63) is 23.8 Å². The number of nitrogens with one attached hydrogen (secondary N) is 1. The van der Waals surface area contributed by atoms with Gasteiger partial charge in [0.15, 0.2) is 0 Å². The van der Waals surface area contributed by atoms with Gasteiger partial charge in [0.2, 0.25) is 15.9 Å². The number of imide groups is 1. The highest BCUT2D eigenvalue weighted by Gasteiger charge is 2.56. The van der Waals surface area contributed by atoms with Crippen molar-refractivity contribution in [2.45, 2.75) is 55.9 Å². The molecule has 4 amide bonds. The van der Waals surface area contributed by atoms with Crippen LogP contribution in [0.4, 0.5) is 10.5 Å². The molecule has 9 nitrogen and oxygen atoms in total. The summed E-state index contributed by atoms with van der Waals surface area (Å²) in [5.41, 5.74) is 0.513. The fraction of sp³-hybridized carbons (Fsp3) is 0.591. The van der Waals surface area contributed by atoms with Crippen molar-refractivity contribution in [1.29, 1.82) is 0 Å². The Labute approximate surface area is 187 Å². The first-order valence-electron chi connectivity index (χ1n) is 11.3. The number of benzene rings is 1. The fourth-order valence-electron chi connectivity index (χ4n) is 5.07. The Kier molecular flexibility index (Phi) is 5.05. The van der Waals surface area contributed by atoms with Crippen LogP contribution in [0.25, 0.3) is 0 Å². The van der Waals surface area contributed by atoms with Crippen molar-refractivity contribution in [3.63, 3.8) is 0 Å². The minimum atomic E-state index is -3.55. The lowest BCUT2D eigenvalue weighted by Gasteiger charge is -2.26. The minimum Gasteiger partial charge on any atom is -0.323 e. The smallest absolute Gasteiger partial charge is 0.323 e. The monoisotopic (exact) mass is 460 g/mol. The van der Waals surface area contributed by atoms with Crippen molar-refractivity contribution >= 4 is 33.6 Å². The number of hydrogen-bond acceptors (Lipinski definition) is 5. The summed E-state index contributed by atoms with van der Waals surface area (Å²) in [4.78, 5) is 41.0. The summed E-state index contributed by atoms with van der Waals surface area (Å²) in [5.74, 6) is -0.563. The number of hydrogen-bond donors (Lipinski definition) is 1. The lowest BCUT2D eigenvalue weighted by Crippen LogP contribution is -2.47. The van der Waals surface area contributed by atoms with Crippen LogP contribution in [0.15, 0.2) is 23.1 Å². The second kappa shape index (κ2) is 7.55. The number of amides is 4. The van der Waals surface area contributed by atoms with Crippen LogP contribution in [0.3, 0.4) is 0 Å². The van der Waals surface area contributed by atoms with E-state index in [1.807, 2.05) is 0 Å². The van der Waals surface area contributed by atoms with E-state index in [0.29, 0.717) is 31.7 Å². The number of carbonyl (C=O) groups excluding carboxylic acids is 3. The van der Waals surface area contributed by atoms with Gasteiger partial charge in [-0.1, -0.05) is 6.42 Å². The third kappa shape index (κ3) is 3.40. The first-order chi connectivity index (χ1) is 15.2. The predicted octanol–water partition coefficient (Wildman–Crippen LogP) is 1.47. The number of piperidine rings is 1. The van der Waals surface area contributed by atoms with Crippen molar-refractivity contribution in [2.24, 2.45) is 5.92 Å². The Morgan fingerprint density at radius 3 is 2.53 bits per heavy atom. The molecule has 1 aromatic rings. The molecule has 2 saturated heterocycles. The SMILES string of the molecule is CC1(C2CC2)NC(=O)N(CC(=O)N2CCc3cc(S(=O)(=O)N4CCCCC4)ccc32)C1=O. The second-order valence-corrected chi connectivity index (χ2v) is 11.3. The van der Waals surface area contributed by atoms with E-state index in [4.69, 9.17) is 0 Å². The van der Waals surface area contributed by atoms with Crippen molar-refractivity contribution in [1.82, 2.24) is 14.5 Å². The first kappa shape index (κ1) is 21.4. The standard InChI is InChI=1S/C22H28N4O5S/c1-22(16-5-6-16)20(28)26(21(29)23-22)14-19(27)25-12-9-15-13-17(7-8-18(15)25)32(30,31)24-10-3-2-4-11-24/h7-8,13,16H,2-6,9-12,14H2,1H3,(H,23,29). The van der Waals surface area contributed by atoms with Crippen molar-refractivity contribution in [3.8, 4) is 0 Å². The van der Waals surface area contributed by atoms with E-state index >= 15 is 0 Å². The van der Waals surface area contributed by atoms with Gasteiger partial charge in [0.05, 0.1) is 4.90 Å². The molecule has 0 spiro atoms. The molecule has 0 aromatic heterocycles. The molecule has 1 N–H and O–H groups in total. The average Bonchev–Trinajstić information content (AvgIpc) is 3.52. The Morgan fingerprint density at radius 1 is 1.12 bits per heavy atom. The summed E-state index contributed by atoms with van der Waals surface area (Å²) < 4.78 is 27.5. The van der Waals surface area contributed by atoms with Crippen LogP contribution in [0.1, 0.15) is 44.6 Å². The molecule has 32 heavy (non-hydrogen) atoms. The lowest BCUT2D eigenvalue weighted by atomic mass is 9.96. The number of nitrogens with zero attached hydrogens (tertiary/aromatic N) is 3. The van der Waals surface area contributed by atoms with Gasteiger partial charge in [0.1, 0.15) is 12.1 Å². The van der Waals surface area contributed by atoms with E-state index in [2.05, 4.69) is 5.32 Å². The van der Waals surface area contributed by atoms with E-state index in [9.17, 15) is 22.8 Å². The van der Waals surface area contributed by atoms with E-state index in [1.54, 1.807) is 30.0 Å². The number of carbonyl (C=O) groups is 3. The van der Waals surface area contributed by atoms with Gasteiger partial charge in [0.25, 0.3) is 5.91 Å². The second-order valence-electron chi connectivity index (χ2n) is 9.35. The van der Waals surface area contributed by atoms with Gasteiger partial charge in [-0.2, -0.15) is 4.31 Å². The molecular formula is C22H28N4O5S. The predicted molar refractivity (Wildman–Crippen MR) is 116 cm³/mol. The molecular weight excluding hydrogens is 432 g/mol. The highest BCUT2D eigenvalue weighted by Crippen LogP contribution is 2.42. The average molecular weight is 461 g/mol. The Balaban J connectivity index is 1.32. The van der Waals surface area contributed by atoms with Gasteiger partial charge < -0.3 is 10.2 Å². The van der Waals surface area contributed by atoms with Crippen molar-refractivity contribution in [2.75, 3.05) is 31.1 Å². The van der Waals surface area contributed by atoms with Crippen LogP contribution >= 0.6 is 0 Å². The molecule has 0 radical (unpaired) electrons. The zero-order valence-electron chi connectivity index (χ0n) is 18.2. The van der Waals surface area contributed by atoms with Crippen molar-refractivity contribution < 1.29 is 22.8 Å². The van der Waals surface area contributed by atoms with E-state index < -0.39 is 21.6 Å². The fourth-order valence-corrected chi connectivity index (χ4v) is 6.64. The maximum Gasteiger partial charge on any atom is 0.325 e. The molecule has 3 aliphatic heterocycles. The maximum absolute atomic E-state index is 13.0. The molecule has 3 heterocycles. The molecule has 3 fully saturated rings. The zero-order valence-corrected chi connectivity index (χ0v) is 19.0. The van der Waals surface area contributed by atoms with Gasteiger partial charge in [-0.25, -0.2) is 13.2 Å². The maximum atomic E-state index is 13.0. The number of rotatable bonds is 5. The number of urea groups is 1. The third-order valence-electron chi connectivity index (χ3n) is 7.19. The van der Waals surface area contributed by atoms with Crippen LogP contribution in [-0.2, 0) is 26.0 Å². The first-order valence-corrected chi connectivity index (χ1v) is 12.7. The quantitative estimate of drug-likeness (QED) is 0.670. The van der Waals surface area contributed by atoms with Crippen LogP contribution in [0, 0.1) is 5.92 Å². The van der Waals surface area contributed by atoms with Gasteiger partial charge in [-0.05, 0) is 68.7 Å². The van der Waals surface area contributed by atoms with Crippen LogP contribution in [0.5, 0.6) is 0 Å². The molecule has 10 heteroatoms. The zero-order chi connectivity index (χ0) is 22.7. The Hall–Kier alpha value is -2.46. The summed E-state index contributed by atoms with van der Waals surface area (Å²) in [6.07, 6.45) is 5.11. The van der Waals surface area contributed by atoms with E-state index in [1.165, 1.54) is 4.31 Å². The number of sulfonamides is 1. The van der Waals surface area contributed by atoms with Gasteiger partial charge in [0, 0.05) is 25.3 Å². The van der Waals surface area contributed by atoms with Gasteiger partial charge in [-0.3, -0.25) is 14.5 Å². The molecule has 1 unspecified atom stereocenters. The summed E-state index contributed by atoms with van der Waals surface area (Å²) >= 11 is 0. The van der Waals surface area contributed by atoms with E-state index in [-0.39, 0.29) is 29.2 Å². The minimum absolute atomic E-state index is 0.131. The third-order valence-corrected chi connectivity index (χ3v) is 9.08. The Morgan fingerprint density at radius 2 is 1.84 bits per heavy atom. The summed E-state index contributed by atoms with van der Waals surface area (Å²) in [6, 6.07) is 4.34. The number of fused-ring (bicyclic) bond motifs is 1. The van der Waals surface area contributed by atoms with Gasteiger partial charge in [-0.15, -0.1) is 0 Å². The molecule has 0 bridgehead atoms. The summed E-state index contributed by atoms with van der Waals surface area (Å²) in [7, 11) is -3.55. The van der Waals surface area contributed by atoms with Crippen LogP contribution in [-0.4, -0.2) is 67.2 Å². The molecule has 4 aliphatic rings. The van der Waals surface area contributed by atoms with E-state index in [0.717, 1.165) is 42.6 Å². The van der Waals surface area contributed by atoms with Crippen LogP contribution in [0.2, 0.25) is 0 Å². The molecule has 1 saturated carbocycles. The largest absolute Gasteiger partial charge is 0.325 e. The lowest BCUT2D eigenvalue weighted by molar-refractivity contribution is -0.134. The summed E-state index contributed by atoms with van der Waals surface area (Å²) in [6.45, 7) is 2.88. The molecule has 1 atom stereocenters. The highest BCUT2D eigenvalue weighted by molar-refractivity contribution is 7.89. The number of anilines is 1. The topological polar surface area (TPSA) is 107 Å². The molecule has 5 rings (SSSR count). The highest BCUT2D eigenvalue weighted by atomic mass is 32.2. The van der Waals surface area contributed by atoms with Crippen LogP contribution < -0.4 is 10.2 Å². The molecule has 1 aromatic carbocycles. The molecule has 1 aliphatic carbocycles. The Bertz CT molecular complexity index is 1090.